The van der Waals surface area contributed by atoms with Gasteiger partial charge in [-0.1, -0.05) is 18.2 Å². The molecule has 0 aliphatic rings. The van der Waals surface area contributed by atoms with Crippen molar-refractivity contribution in [3.8, 4) is 0 Å². The zero-order valence-electron chi connectivity index (χ0n) is 10.7. The molecule has 0 unspecified atom stereocenters. The van der Waals surface area contributed by atoms with Gasteiger partial charge in [0.1, 0.15) is 5.82 Å². The van der Waals surface area contributed by atoms with Crippen molar-refractivity contribution >= 4 is 17.4 Å². The fourth-order valence-corrected chi connectivity index (χ4v) is 1.85. The Bertz CT molecular complexity index is 556. The number of amides is 1. The van der Waals surface area contributed by atoms with E-state index in [1.807, 2.05) is 37.3 Å². The van der Waals surface area contributed by atoms with Gasteiger partial charge in [-0.05, 0) is 31.2 Å². The van der Waals surface area contributed by atoms with E-state index >= 15 is 0 Å². The molecule has 5 nitrogen and oxygen atoms in total. The first-order valence-electron chi connectivity index (χ1n) is 6.06. The summed E-state index contributed by atoms with van der Waals surface area (Å²) < 4.78 is 0. The number of hydrazine groups is 1. The van der Waals surface area contributed by atoms with Crippen LogP contribution in [0.25, 0.3) is 0 Å². The summed E-state index contributed by atoms with van der Waals surface area (Å²) in [5, 5.41) is 0. The Morgan fingerprint density at radius 3 is 2.68 bits per heavy atom. The van der Waals surface area contributed by atoms with Crippen LogP contribution < -0.4 is 16.2 Å². The molecule has 2 aromatic rings. The fourth-order valence-electron chi connectivity index (χ4n) is 1.85. The summed E-state index contributed by atoms with van der Waals surface area (Å²) in [6.07, 6.45) is 1.56. The van der Waals surface area contributed by atoms with Gasteiger partial charge in [0.25, 0.3) is 5.91 Å². The monoisotopic (exact) mass is 256 g/mol. The van der Waals surface area contributed by atoms with E-state index in [9.17, 15) is 4.79 Å². The number of pyridine rings is 1. The van der Waals surface area contributed by atoms with E-state index in [1.165, 1.54) is 0 Å². The van der Waals surface area contributed by atoms with Gasteiger partial charge in [-0.25, -0.2) is 10.8 Å². The smallest absolute Gasteiger partial charge is 0.258 e. The maximum Gasteiger partial charge on any atom is 0.258 e. The lowest BCUT2D eigenvalue weighted by atomic mass is 10.2. The lowest BCUT2D eigenvalue weighted by molar-refractivity contribution is 0.0988. The van der Waals surface area contributed by atoms with Gasteiger partial charge >= 0.3 is 0 Å². The predicted molar refractivity (Wildman–Crippen MR) is 75.8 cm³/mol. The quantitative estimate of drug-likeness (QED) is 0.648. The first-order chi connectivity index (χ1) is 9.26. The molecule has 1 aromatic carbocycles. The second-order valence-corrected chi connectivity index (χ2v) is 3.96. The Morgan fingerprint density at radius 1 is 1.32 bits per heavy atom. The lowest BCUT2D eigenvalue weighted by Crippen LogP contribution is -2.30. The van der Waals surface area contributed by atoms with Crippen LogP contribution in [-0.2, 0) is 0 Å². The number of nitrogens with one attached hydrogen (secondary N) is 1. The largest absolute Gasteiger partial charge is 0.309 e. The normalized spacial score (nSPS) is 10.0. The number of carbonyl (C=O) groups excluding carboxylic acids is 1. The van der Waals surface area contributed by atoms with Crippen LogP contribution in [0.2, 0.25) is 0 Å². The molecule has 3 N–H and O–H groups in total. The van der Waals surface area contributed by atoms with Crippen LogP contribution in [-0.4, -0.2) is 17.4 Å². The fraction of sp³-hybridized carbons (Fsp3) is 0.143. The van der Waals surface area contributed by atoms with Crippen molar-refractivity contribution in [2.75, 3.05) is 16.9 Å². The number of anilines is 2. The van der Waals surface area contributed by atoms with E-state index in [0.29, 0.717) is 17.9 Å². The maximum atomic E-state index is 12.5. The first kappa shape index (κ1) is 13.0. The average molecular weight is 256 g/mol. The zero-order valence-corrected chi connectivity index (χ0v) is 10.7. The molecule has 0 saturated heterocycles. The van der Waals surface area contributed by atoms with E-state index in [4.69, 9.17) is 5.84 Å². The number of benzene rings is 1. The zero-order chi connectivity index (χ0) is 13.7. The Kier molecular flexibility index (Phi) is 4.10. The Balaban J connectivity index is 2.30. The average Bonchev–Trinajstić information content (AvgIpc) is 2.49. The number of para-hydroxylation sites is 1. The Morgan fingerprint density at radius 2 is 2.05 bits per heavy atom. The molecule has 0 radical (unpaired) electrons. The summed E-state index contributed by atoms with van der Waals surface area (Å²) in [5.74, 6) is 5.69. The molecule has 0 aliphatic carbocycles. The first-order valence-corrected chi connectivity index (χ1v) is 6.06. The number of hydrogen-bond donors (Lipinski definition) is 2. The van der Waals surface area contributed by atoms with Crippen molar-refractivity contribution in [2.45, 2.75) is 6.92 Å². The third kappa shape index (κ3) is 2.89. The molecular weight excluding hydrogens is 240 g/mol. The Hall–Kier alpha value is -2.40. The maximum absolute atomic E-state index is 12.5. The van der Waals surface area contributed by atoms with Crippen molar-refractivity contribution in [2.24, 2.45) is 5.84 Å². The molecule has 1 heterocycles. The highest BCUT2D eigenvalue weighted by molar-refractivity contribution is 6.06. The standard InChI is InChI=1S/C14H16N4O/c1-2-18(12-6-4-3-5-7-12)14(19)11-8-9-16-13(10-11)17-15/h3-10H,2,15H2,1H3,(H,16,17). The number of nitrogen functional groups attached to an aromatic ring is 1. The predicted octanol–water partition coefficient (Wildman–Crippen LogP) is 2.03. The van der Waals surface area contributed by atoms with E-state index in [0.717, 1.165) is 5.69 Å². The molecule has 2 rings (SSSR count). The van der Waals surface area contributed by atoms with Crippen LogP contribution >= 0.6 is 0 Å². The third-order valence-corrected chi connectivity index (χ3v) is 2.78. The van der Waals surface area contributed by atoms with Gasteiger partial charge in [-0.2, -0.15) is 0 Å². The van der Waals surface area contributed by atoms with Crippen LogP contribution in [0.4, 0.5) is 11.5 Å². The third-order valence-electron chi connectivity index (χ3n) is 2.78. The summed E-state index contributed by atoms with van der Waals surface area (Å²) in [7, 11) is 0. The van der Waals surface area contributed by atoms with Gasteiger partial charge in [0.15, 0.2) is 0 Å². The van der Waals surface area contributed by atoms with Crippen molar-refractivity contribution in [3.05, 3.63) is 54.2 Å². The number of hydrogen-bond acceptors (Lipinski definition) is 4. The highest BCUT2D eigenvalue weighted by Crippen LogP contribution is 2.17. The van der Waals surface area contributed by atoms with Crippen LogP contribution in [0.5, 0.6) is 0 Å². The van der Waals surface area contributed by atoms with Gasteiger partial charge in [-0.3, -0.25) is 4.79 Å². The van der Waals surface area contributed by atoms with Gasteiger partial charge in [-0.15, -0.1) is 0 Å². The molecule has 0 bridgehead atoms. The molecule has 19 heavy (non-hydrogen) atoms. The summed E-state index contributed by atoms with van der Waals surface area (Å²) in [6.45, 7) is 2.53. The van der Waals surface area contributed by atoms with E-state index in [1.54, 1.807) is 23.2 Å². The van der Waals surface area contributed by atoms with Crippen LogP contribution in [0.3, 0.4) is 0 Å². The molecule has 0 atom stereocenters. The second-order valence-electron chi connectivity index (χ2n) is 3.96. The molecule has 0 saturated carbocycles. The number of carbonyl (C=O) groups is 1. The number of nitrogens with two attached hydrogens (primary N) is 1. The Labute approximate surface area is 112 Å². The molecule has 98 valence electrons. The van der Waals surface area contributed by atoms with E-state index in [2.05, 4.69) is 10.4 Å². The van der Waals surface area contributed by atoms with E-state index in [-0.39, 0.29) is 5.91 Å². The number of aromatic nitrogens is 1. The summed E-state index contributed by atoms with van der Waals surface area (Å²) in [6, 6.07) is 12.9. The lowest BCUT2D eigenvalue weighted by Gasteiger charge is -2.21. The highest BCUT2D eigenvalue weighted by Gasteiger charge is 2.16. The molecule has 1 aromatic heterocycles. The number of nitrogens with zero attached hydrogens (tertiary/aromatic N) is 2. The summed E-state index contributed by atoms with van der Waals surface area (Å²) in [5.41, 5.74) is 3.86. The van der Waals surface area contributed by atoms with Crippen LogP contribution in [0.15, 0.2) is 48.7 Å². The number of rotatable bonds is 4. The molecular formula is C14H16N4O. The van der Waals surface area contributed by atoms with Gasteiger partial charge < -0.3 is 10.3 Å². The van der Waals surface area contributed by atoms with Crippen molar-refractivity contribution in [3.63, 3.8) is 0 Å². The van der Waals surface area contributed by atoms with Crippen molar-refractivity contribution in [1.82, 2.24) is 4.98 Å². The topological polar surface area (TPSA) is 71.2 Å². The minimum atomic E-state index is -0.0763. The van der Waals surface area contributed by atoms with Crippen molar-refractivity contribution < 1.29 is 4.79 Å². The molecule has 0 aliphatic heterocycles. The second kappa shape index (κ2) is 5.97. The van der Waals surface area contributed by atoms with E-state index < -0.39 is 0 Å². The molecule has 5 heteroatoms. The minimum absolute atomic E-state index is 0.0763. The minimum Gasteiger partial charge on any atom is -0.309 e. The highest BCUT2D eigenvalue weighted by atomic mass is 16.2. The molecule has 0 fully saturated rings. The SMILES string of the molecule is CCN(C(=O)c1ccnc(NN)c1)c1ccccc1. The summed E-state index contributed by atoms with van der Waals surface area (Å²) in [4.78, 5) is 18.2. The van der Waals surface area contributed by atoms with Gasteiger partial charge in [0.2, 0.25) is 0 Å². The van der Waals surface area contributed by atoms with Crippen LogP contribution in [0, 0.1) is 0 Å². The molecule has 0 spiro atoms. The van der Waals surface area contributed by atoms with Crippen molar-refractivity contribution in [1.29, 1.82) is 0 Å². The van der Waals surface area contributed by atoms with Gasteiger partial charge in [0, 0.05) is 24.0 Å². The van der Waals surface area contributed by atoms with Crippen LogP contribution in [0.1, 0.15) is 17.3 Å². The molecule has 1 amide bonds. The summed E-state index contributed by atoms with van der Waals surface area (Å²) >= 11 is 0. The van der Waals surface area contributed by atoms with Gasteiger partial charge in [0.05, 0.1) is 0 Å².